The van der Waals surface area contributed by atoms with E-state index in [0.717, 1.165) is 35.5 Å². The van der Waals surface area contributed by atoms with Crippen LogP contribution in [0.4, 0.5) is 5.82 Å². The summed E-state index contributed by atoms with van der Waals surface area (Å²) in [6.45, 7) is 5.04. The summed E-state index contributed by atoms with van der Waals surface area (Å²) in [6.07, 6.45) is 2.62. The molecule has 0 saturated heterocycles. The standard InChI is InChI=1S/C12H18N6S/c1-4-5-13-10-6-9(2)16-11(17-10)7-19-12-14-8-15-18(12)3/h6,8H,4-5,7H2,1-3H3,(H,13,16,17). The van der Waals surface area contributed by atoms with Crippen molar-refractivity contribution in [3.8, 4) is 0 Å². The highest BCUT2D eigenvalue weighted by Gasteiger charge is 2.06. The first kappa shape index (κ1) is 13.8. The normalized spacial score (nSPS) is 10.7. The molecule has 2 rings (SSSR count). The lowest BCUT2D eigenvalue weighted by molar-refractivity contribution is 0.685. The van der Waals surface area contributed by atoms with Gasteiger partial charge in [-0.15, -0.1) is 0 Å². The molecule has 19 heavy (non-hydrogen) atoms. The van der Waals surface area contributed by atoms with Crippen LogP contribution in [0.2, 0.25) is 0 Å². The van der Waals surface area contributed by atoms with Gasteiger partial charge in [0.1, 0.15) is 18.0 Å². The van der Waals surface area contributed by atoms with Gasteiger partial charge in [0.05, 0.1) is 5.75 Å². The molecule has 0 aromatic carbocycles. The molecule has 0 amide bonds. The number of thioether (sulfide) groups is 1. The maximum atomic E-state index is 4.50. The van der Waals surface area contributed by atoms with Gasteiger partial charge in [-0.2, -0.15) is 5.10 Å². The third-order valence-electron chi connectivity index (χ3n) is 2.46. The van der Waals surface area contributed by atoms with Crippen LogP contribution in [0, 0.1) is 6.92 Å². The quantitative estimate of drug-likeness (QED) is 0.815. The van der Waals surface area contributed by atoms with E-state index in [2.05, 4.69) is 32.3 Å². The fourth-order valence-corrected chi connectivity index (χ4v) is 2.33. The fraction of sp³-hybridized carbons (Fsp3) is 0.500. The van der Waals surface area contributed by atoms with Gasteiger partial charge in [0.25, 0.3) is 0 Å². The molecule has 0 aliphatic carbocycles. The summed E-state index contributed by atoms with van der Waals surface area (Å²) in [5.74, 6) is 2.39. The second-order valence-electron chi connectivity index (χ2n) is 4.19. The minimum atomic E-state index is 0.690. The van der Waals surface area contributed by atoms with Gasteiger partial charge in [-0.3, -0.25) is 0 Å². The van der Waals surface area contributed by atoms with Gasteiger partial charge in [-0.1, -0.05) is 18.7 Å². The molecule has 0 bridgehead atoms. The van der Waals surface area contributed by atoms with Crippen LogP contribution in [0.15, 0.2) is 17.6 Å². The van der Waals surface area contributed by atoms with Crippen molar-refractivity contribution in [2.24, 2.45) is 7.05 Å². The zero-order valence-corrected chi connectivity index (χ0v) is 12.2. The van der Waals surface area contributed by atoms with Crippen LogP contribution in [0.25, 0.3) is 0 Å². The number of anilines is 1. The van der Waals surface area contributed by atoms with E-state index >= 15 is 0 Å². The monoisotopic (exact) mass is 278 g/mol. The van der Waals surface area contributed by atoms with Crippen molar-refractivity contribution in [1.29, 1.82) is 0 Å². The Morgan fingerprint density at radius 1 is 1.37 bits per heavy atom. The van der Waals surface area contributed by atoms with E-state index in [0.29, 0.717) is 5.75 Å². The largest absolute Gasteiger partial charge is 0.370 e. The lowest BCUT2D eigenvalue weighted by atomic mass is 10.4. The number of hydrogen-bond donors (Lipinski definition) is 1. The van der Waals surface area contributed by atoms with Gasteiger partial charge in [0.2, 0.25) is 0 Å². The molecule has 0 saturated carbocycles. The van der Waals surface area contributed by atoms with Crippen molar-refractivity contribution in [2.75, 3.05) is 11.9 Å². The van der Waals surface area contributed by atoms with E-state index in [1.165, 1.54) is 0 Å². The second kappa shape index (κ2) is 6.51. The van der Waals surface area contributed by atoms with Gasteiger partial charge < -0.3 is 5.32 Å². The van der Waals surface area contributed by atoms with Gasteiger partial charge in [-0.25, -0.2) is 19.6 Å². The van der Waals surface area contributed by atoms with Crippen LogP contribution in [0.3, 0.4) is 0 Å². The first-order valence-corrected chi connectivity index (χ1v) is 7.23. The summed E-state index contributed by atoms with van der Waals surface area (Å²) >= 11 is 1.58. The lowest BCUT2D eigenvalue weighted by Gasteiger charge is -2.07. The van der Waals surface area contributed by atoms with E-state index in [4.69, 9.17) is 0 Å². The molecule has 0 aliphatic heterocycles. The van der Waals surface area contributed by atoms with Crippen molar-refractivity contribution >= 4 is 17.6 Å². The number of aromatic nitrogens is 5. The van der Waals surface area contributed by atoms with Crippen molar-refractivity contribution in [3.05, 3.63) is 23.9 Å². The smallest absolute Gasteiger partial charge is 0.186 e. The molecule has 2 aromatic heterocycles. The molecule has 2 aromatic rings. The molecule has 2 heterocycles. The van der Waals surface area contributed by atoms with Crippen LogP contribution in [0.1, 0.15) is 24.9 Å². The average molecular weight is 278 g/mol. The predicted molar refractivity (Wildman–Crippen MR) is 76.1 cm³/mol. The molecule has 0 spiro atoms. The van der Waals surface area contributed by atoms with Crippen LogP contribution in [-0.4, -0.2) is 31.3 Å². The fourth-order valence-electron chi connectivity index (χ4n) is 1.58. The number of nitrogens with zero attached hydrogens (tertiary/aromatic N) is 5. The van der Waals surface area contributed by atoms with Gasteiger partial charge in [-0.05, 0) is 13.3 Å². The second-order valence-corrected chi connectivity index (χ2v) is 5.13. The van der Waals surface area contributed by atoms with Gasteiger partial charge in [0, 0.05) is 25.4 Å². The minimum absolute atomic E-state index is 0.690. The molecule has 6 nitrogen and oxygen atoms in total. The Kier molecular flexibility index (Phi) is 4.73. The SMILES string of the molecule is CCCNc1cc(C)nc(CSc2ncnn2C)n1. The van der Waals surface area contributed by atoms with E-state index in [9.17, 15) is 0 Å². The van der Waals surface area contributed by atoms with Gasteiger partial charge >= 0.3 is 0 Å². The molecule has 0 fully saturated rings. The van der Waals surface area contributed by atoms with Crippen LogP contribution >= 0.6 is 11.8 Å². The number of aryl methyl sites for hydroxylation is 2. The summed E-state index contributed by atoms with van der Waals surface area (Å²) in [5.41, 5.74) is 0.974. The summed E-state index contributed by atoms with van der Waals surface area (Å²) in [4.78, 5) is 13.1. The number of hydrogen-bond acceptors (Lipinski definition) is 6. The van der Waals surface area contributed by atoms with E-state index in [1.54, 1.807) is 22.8 Å². The first-order valence-electron chi connectivity index (χ1n) is 6.24. The molecule has 1 N–H and O–H groups in total. The van der Waals surface area contributed by atoms with Crippen molar-refractivity contribution < 1.29 is 0 Å². The Labute approximate surface area is 117 Å². The molecule has 0 unspecified atom stereocenters. The Balaban J connectivity index is 2.03. The van der Waals surface area contributed by atoms with Crippen molar-refractivity contribution in [2.45, 2.75) is 31.2 Å². The van der Waals surface area contributed by atoms with Crippen LogP contribution in [-0.2, 0) is 12.8 Å². The Hall–Kier alpha value is -1.63. The zero-order valence-electron chi connectivity index (χ0n) is 11.4. The Morgan fingerprint density at radius 2 is 2.21 bits per heavy atom. The third-order valence-corrected chi connectivity index (χ3v) is 3.49. The Morgan fingerprint density at radius 3 is 2.89 bits per heavy atom. The highest BCUT2D eigenvalue weighted by molar-refractivity contribution is 7.98. The van der Waals surface area contributed by atoms with Crippen LogP contribution < -0.4 is 5.32 Å². The third kappa shape index (κ3) is 3.92. The predicted octanol–water partition coefficient (Wildman–Crippen LogP) is 2.03. The van der Waals surface area contributed by atoms with E-state index in [1.807, 2.05) is 20.0 Å². The summed E-state index contributed by atoms with van der Waals surface area (Å²) in [6, 6.07) is 1.96. The van der Waals surface area contributed by atoms with E-state index < -0.39 is 0 Å². The van der Waals surface area contributed by atoms with E-state index in [-0.39, 0.29) is 0 Å². The molecular weight excluding hydrogens is 260 g/mol. The van der Waals surface area contributed by atoms with Crippen molar-refractivity contribution in [3.63, 3.8) is 0 Å². The number of rotatable bonds is 6. The summed E-state index contributed by atoms with van der Waals surface area (Å²) in [5, 5.41) is 8.19. The maximum Gasteiger partial charge on any atom is 0.186 e. The minimum Gasteiger partial charge on any atom is -0.370 e. The molecule has 0 radical (unpaired) electrons. The number of nitrogens with one attached hydrogen (secondary N) is 1. The van der Waals surface area contributed by atoms with Crippen molar-refractivity contribution in [1.82, 2.24) is 24.7 Å². The maximum absolute atomic E-state index is 4.50. The molecule has 0 atom stereocenters. The summed E-state index contributed by atoms with van der Waals surface area (Å²) in [7, 11) is 1.88. The highest BCUT2D eigenvalue weighted by Crippen LogP contribution is 2.18. The molecule has 102 valence electrons. The topological polar surface area (TPSA) is 68.5 Å². The first-order chi connectivity index (χ1) is 9.19. The molecule has 7 heteroatoms. The van der Waals surface area contributed by atoms with Gasteiger partial charge in [0.15, 0.2) is 5.16 Å². The molecule has 0 aliphatic rings. The molecular formula is C12H18N6S. The summed E-state index contributed by atoms with van der Waals surface area (Å²) < 4.78 is 1.75. The zero-order chi connectivity index (χ0) is 13.7. The van der Waals surface area contributed by atoms with Crippen LogP contribution in [0.5, 0.6) is 0 Å². The lowest BCUT2D eigenvalue weighted by Crippen LogP contribution is -2.05. The average Bonchev–Trinajstić information content (AvgIpc) is 2.79. The highest BCUT2D eigenvalue weighted by atomic mass is 32.2. The Bertz CT molecular complexity index is 539.